The minimum atomic E-state index is -0.178. The van der Waals surface area contributed by atoms with Crippen LogP contribution >= 0.6 is 11.8 Å². The number of nitrogens with zero attached hydrogens (tertiary/aromatic N) is 2. The van der Waals surface area contributed by atoms with Crippen molar-refractivity contribution < 1.29 is 9.53 Å². The molecule has 5 nitrogen and oxygen atoms in total. The Bertz CT molecular complexity index is 612. The minimum Gasteiger partial charge on any atom is -0.385 e. The first kappa shape index (κ1) is 15.9. The quantitative estimate of drug-likeness (QED) is 0.629. The summed E-state index contributed by atoms with van der Waals surface area (Å²) in [7, 11) is 3.63. The average Bonchev–Trinajstić information content (AvgIpc) is 2.80. The molecule has 0 saturated heterocycles. The maximum absolute atomic E-state index is 12.0. The molecule has 6 heteroatoms. The van der Waals surface area contributed by atoms with Crippen LogP contribution in [0.1, 0.15) is 13.3 Å². The van der Waals surface area contributed by atoms with Gasteiger partial charge in [0.25, 0.3) is 0 Å². The largest absolute Gasteiger partial charge is 0.385 e. The van der Waals surface area contributed by atoms with Gasteiger partial charge in [-0.25, -0.2) is 4.98 Å². The molecule has 1 N–H and O–H groups in total. The second kappa shape index (κ2) is 7.47. The van der Waals surface area contributed by atoms with E-state index >= 15 is 0 Å². The van der Waals surface area contributed by atoms with Gasteiger partial charge in [-0.15, -0.1) is 0 Å². The summed E-state index contributed by atoms with van der Waals surface area (Å²) in [6.07, 6.45) is 0.825. The number of aryl methyl sites for hydroxylation is 1. The summed E-state index contributed by atoms with van der Waals surface area (Å²) in [4.78, 5) is 16.6. The van der Waals surface area contributed by atoms with Crippen LogP contribution in [-0.2, 0) is 16.6 Å². The van der Waals surface area contributed by atoms with Gasteiger partial charge in [-0.05, 0) is 25.5 Å². The van der Waals surface area contributed by atoms with Crippen molar-refractivity contribution in [3.8, 4) is 0 Å². The van der Waals surface area contributed by atoms with Gasteiger partial charge in [0.1, 0.15) is 0 Å². The molecule has 0 aliphatic rings. The van der Waals surface area contributed by atoms with Gasteiger partial charge in [0, 0.05) is 27.3 Å². The summed E-state index contributed by atoms with van der Waals surface area (Å²) in [5.74, 6) is 0.0307. The van der Waals surface area contributed by atoms with E-state index in [2.05, 4.69) is 10.3 Å². The lowest BCUT2D eigenvalue weighted by Gasteiger charge is -2.11. The highest BCUT2D eigenvalue weighted by Crippen LogP contribution is 2.26. The third kappa shape index (κ3) is 3.98. The fourth-order valence-corrected chi connectivity index (χ4v) is 2.93. The predicted molar refractivity (Wildman–Crippen MR) is 85.5 cm³/mol. The Hall–Kier alpha value is -1.53. The summed E-state index contributed by atoms with van der Waals surface area (Å²) < 4.78 is 6.98. The lowest BCUT2D eigenvalue weighted by Crippen LogP contribution is -2.32. The Labute approximate surface area is 129 Å². The molecule has 0 spiro atoms. The number of carbonyl (C=O) groups is 1. The Morgan fingerprint density at radius 2 is 2.24 bits per heavy atom. The number of hydrogen-bond acceptors (Lipinski definition) is 4. The van der Waals surface area contributed by atoms with Crippen molar-refractivity contribution in [1.82, 2.24) is 14.9 Å². The van der Waals surface area contributed by atoms with Crippen LogP contribution in [0, 0.1) is 0 Å². The SMILES string of the molecule is COCCCNC(=O)C(C)Sc1nc2ccccc2n1C. The van der Waals surface area contributed by atoms with Crippen LogP contribution in [0.4, 0.5) is 0 Å². The van der Waals surface area contributed by atoms with E-state index in [1.807, 2.05) is 42.8 Å². The van der Waals surface area contributed by atoms with E-state index in [4.69, 9.17) is 4.74 Å². The number of imidazole rings is 1. The smallest absolute Gasteiger partial charge is 0.233 e. The van der Waals surface area contributed by atoms with E-state index in [1.165, 1.54) is 11.8 Å². The number of thioether (sulfide) groups is 1. The van der Waals surface area contributed by atoms with Crippen molar-refractivity contribution >= 4 is 28.7 Å². The number of aromatic nitrogens is 2. The zero-order chi connectivity index (χ0) is 15.2. The number of ether oxygens (including phenoxy) is 1. The van der Waals surface area contributed by atoms with Crippen molar-refractivity contribution in [1.29, 1.82) is 0 Å². The molecule has 1 atom stereocenters. The van der Waals surface area contributed by atoms with Crippen LogP contribution in [-0.4, -0.2) is 41.0 Å². The number of methoxy groups -OCH3 is 1. The molecular weight excluding hydrogens is 286 g/mol. The van der Waals surface area contributed by atoms with Crippen molar-refractivity contribution in [3.63, 3.8) is 0 Å². The topological polar surface area (TPSA) is 56.1 Å². The molecule has 1 aromatic carbocycles. The van der Waals surface area contributed by atoms with E-state index in [0.717, 1.165) is 22.6 Å². The minimum absolute atomic E-state index is 0.0307. The second-order valence-electron chi connectivity index (χ2n) is 4.84. The van der Waals surface area contributed by atoms with Crippen molar-refractivity contribution in [3.05, 3.63) is 24.3 Å². The van der Waals surface area contributed by atoms with Crippen LogP contribution in [0.25, 0.3) is 11.0 Å². The van der Waals surface area contributed by atoms with E-state index in [0.29, 0.717) is 13.2 Å². The van der Waals surface area contributed by atoms with E-state index < -0.39 is 0 Å². The molecule has 0 aliphatic carbocycles. The molecule has 1 unspecified atom stereocenters. The van der Waals surface area contributed by atoms with Gasteiger partial charge in [0.05, 0.1) is 16.3 Å². The summed E-state index contributed by atoms with van der Waals surface area (Å²) >= 11 is 1.48. The molecule has 21 heavy (non-hydrogen) atoms. The summed E-state index contributed by atoms with van der Waals surface area (Å²) in [6.45, 7) is 3.20. The first-order valence-corrected chi connectivity index (χ1v) is 7.86. The molecular formula is C15H21N3O2S. The third-order valence-corrected chi connectivity index (χ3v) is 4.37. The lowest BCUT2D eigenvalue weighted by atomic mass is 10.3. The number of fused-ring (bicyclic) bond motifs is 1. The highest BCUT2D eigenvalue weighted by atomic mass is 32.2. The van der Waals surface area contributed by atoms with Crippen LogP contribution in [0.2, 0.25) is 0 Å². The molecule has 2 aromatic rings. The van der Waals surface area contributed by atoms with E-state index in [-0.39, 0.29) is 11.2 Å². The molecule has 0 radical (unpaired) electrons. The molecule has 1 aromatic heterocycles. The zero-order valence-electron chi connectivity index (χ0n) is 12.6. The number of hydrogen-bond donors (Lipinski definition) is 1. The maximum atomic E-state index is 12.0. The van der Waals surface area contributed by atoms with Gasteiger partial charge in [-0.1, -0.05) is 23.9 Å². The monoisotopic (exact) mass is 307 g/mol. The average molecular weight is 307 g/mol. The van der Waals surface area contributed by atoms with Crippen LogP contribution < -0.4 is 5.32 Å². The van der Waals surface area contributed by atoms with Crippen molar-refractivity contribution in [2.75, 3.05) is 20.3 Å². The molecule has 1 amide bonds. The van der Waals surface area contributed by atoms with Gasteiger partial charge in [0.2, 0.25) is 5.91 Å². The number of nitrogens with one attached hydrogen (secondary N) is 1. The maximum Gasteiger partial charge on any atom is 0.233 e. The highest BCUT2D eigenvalue weighted by molar-refractivity contribution is 8.00. The van der Waals surface area contributed by atoms with Crippen LogP contribution in [0.15, 0.2) is 29.4 Å². The Kier molecular flexibility index (Phi) is 5.64. The van der Waals surface area contributed by atoms with Gasteiger partial charge >= 0.3 is 0 Å². The normalized spacial score (nSPS) is 12.5. The fourth-order valence-electron chi connectivity index (χ4n) is 2.01. The fraction of sp³-hybridized carbons (Fsp3) is 0.467. The van der Waals surface area contributed by atoms with Gasteiger partial charge in [0.15, 0.2) is 5.16 Å². The molecule has 0 fully saturated rings. The zero-order valence-corrected chi connectivity index (χ0v) is 13.4. The molecule has 114 valence electrons. The summed E-state index contributed by atoms with van der Waals surface area (Å²) in [5, 5.41) is 3.59. The first-order valence-electron chi connectivity index (χ1n) is 6.98. The highest BCUT2D eigenvalue weighted by Gasteiger charge is 2.17. The van der Waals surface area contributed by atoms with Crippen LogP contribution in [0.5, 0.6) is 0 Å². The number of rotatable bonds is 7. The standard InChI is InChI=1S/C15H21N3O2S/c1-11(14(19)16-9-6-10-20-3)21-15-17-12-7-4-5-8-13(12)18(15)2/h4-5,7-8,11H,6,9-10H2,1-3H3,(H,16,19). The van der Waals surface area contributed by atoms with Gasteiger partial charge in [-0.2, -0.15) is 0 Å². The molecule has 0 saturated carbocycles. The van der Waals surface area contributed by atoms with Gasteiger partial charge in [-0.3, -0.25) is 4.79 Å². The summed E-state index contributed by atoms with van der Waals surface area (Å²) in [5.41, 5.74) is 2.03. The second-order valence-corrected chi connectivity index (χ2v) is 6.15. The molecule has 2 rings (SSSR count). The molecule has 0 bridgehead atoms. The van der Waals surface area contributed by atoms with Crippen molar-refractivity contribution in [2.45, 2.75) is 23.8 Å². The first-order chi connectivity index (χ1) is 10.1. The number of benzene rings is 1. The summed E-state index contributed by atoms with van der Waals surface area (Å²) in [6, 6.07) is 7.97. The van der Waals surface area contributed by atoms with E-state index in [9.17, 15) is 4.79 Å². The van der Waals surface area contributed by atoms with Gasteiger partial charge < -0.3 is 14.6 Å². The lowest BCUT2D eigenvalue weighted by molar-refractivity contribution is -0.120. The Balaban J connectivity index is 1.96. The predicted octanol–water partition coefficient (Wildman–Crippen LogP) is 2.21. The molecule has 0 aliphatic heterocycles. The third-order valence-electron chi connectivity index (χ3n) is 3.22. The molecule has 1 heterocycles. The number of amides is 1. The Morgan fingerprint density at radius 3 is 2.95 bits per heavy atom. The Morgan fingerprint density at radius 1 is 1.48 bits per heavy atom. The number of para-hydroxylation sites is 2. The number of carbonyl (C=O) groups excluding carboxylic acids is 1. The van der Waals surface area contributed by atoms with E-state index in [1.54, 1.807) is 7.11 Å². The van der Waals surface area contributed by atoms with Crippen LogP contribution in [0.3, 0.4) is 0 Å². The van der Waals surface area contributed by atoms with Crippen molar-refractivity contribution in [2.24, 2.45) is 7.05 Å².